The van der Waals surface area contributed by atoms with Gasteiger partial charge in [-0.3, -0.25) is 9.10 Å². The molecule has 1 N–H and O–H groups in total. The van der Waals surface area contributed by atoms with Crippen LogP contribution in [0, 0.1) is 20.8 Å². The highest BCUT2D eigenvalue weighted by Gasteiger charge is 2.23. The van der Waals surface area contributed by atoms with E-state index < -0.39 is 10.0 Å². The molecule has 4 rings (SSSR count). The van der Waals surface area contributed by atoms with Crippen molar-refractivity contribution < 1.29 is 17.9 Å². The van der Waals surface area contributed by atoms with Crippen molar-refractivity contribution in [2.75, 3.05) is 23.8 Å². The van der Waals surface area contributed by atoms with Crippen molar-refractivity contribution in [1.29, 1.82) is 0 Å². The number of methoxy groups -OCH3 is 1. The standard InChI is InChI=1S/C26H26N2O4S2/c1-16-6-7-17(2)22(12-16)27-26(29)25-15-19-14-20(8-11-24(19)33-25)28(4)34(30,31)21-9-10-23(32-5)18(3)13-21/h6-15H,1-5H3,(H,27,29). The molecule has 0 bridgehead atoms. The summed E-state index contributed by atoms with van der Waals surface area (Å²) in [7, 11) is -0.690. The van der Waals surface area contributed by atoms with Gasteiger partial charge in [-0.05, 0) is 91.4 Å². The average molecular weight is 495 g/mol. The smallest absolute Gasteiger partial charge is 0.265 e. The Kier molecular flexibility index (Phi) is 6.38. The second-order valence-corrected chi connectivity index (χ2v) is 11.3. The summed E-state index contributed by atoms with van der Waals surface area (Å²) < 4.78 is 33.8. The number of rotatable bonds is 6. The summed E-state index contributed by atoms with van der Waals surface area (Å²) in [5, 5.41) is 3.79. The molecule has 0 spiro atoms. The number of fused-ring (bicyclic) bond motifs is 1. The first-order chi connectivity index (χ1) is 16.1. The molecule has 0 aliphatic rings. The lowest BCUT2D eigenvalue weighted by Crippen LogP contribution is -2.26. The molecule has 0 unspecified atom stereocenters. The van der Waals surface area contributed by atoms with Crippen LogP contribution in [0.15, 0.2) is 65.6 Å². The van der Waals surface area contributed by atoms with Crippen LogP contribution >= 0.6 is 11.3 Å². The Morgan fingerprint density at radius 3 is 2.41 bits per heavy atom. The SMILES string of the molecule is COc1ccc(S(=O)(=O)N(C)c2ccc3sc(C(=O)Nc4cc(C)ccc4C)cc3c2)cc1C. The van der Waals surface area contributed by atoms with Gasteiger partial charge in [0.15, 0.2) is 0 Å². The number of benzene rings is 3. The summed E-state index contributed by atoms with van der Waals surface area (Å²) in [5.41, 5.74) is 4.09. The number of nitrogens with zero attached hydrogens (tertiary/aromatic N) is 1. The fraction of sp³-hybridized carbons (Fsp3) is 0.192. The Morgan fingerprint density at radius 2 is 1.71 bits per heavy atom. The number of ether oxygens (including phenoxy) is 1. The van der Waals surface area contributed by atoms with Gasteiger partial charge in [-0.25, -0.2) is 8.42 Å². The lowest BCUT2D eigenvalue weighted by molar-refractivity contribution is 0.103. The first-order valence-electron chi connectivity index (χ1n) is 10.7. The number of hydrogen-bond acceptors (Lipinski definition) is 5. The minimum Gasteiger partial charge on any atom is -0.496 e. The van der Waals surface area contributed by atoms with Crippen molar-refractivity contribution in [2.24, 2.45) is 0 Å². The van der Waals surface area contributed by atoms with E-state index in [2.05, 4.69) is 5.32 Å². The highest BCUT2D eigenvalue weighted by atomic mass is 32.2. The molecule has 6 nitrogen and oxygen atoms in total. The van der Waals surface area contributed by atoms with Crippen molar-refractivity contribution in [3.05, 3.63) is 82.2 Å². The molecule has 1 aromatic heterocycles. The lowest BCUT2D eigenvalue weighted by Gasteiger charge is -2.20. The molecule has 0 fully saturated rings. The maximum Gasteiger partial charge on any atom is 0.265 e. The van der Waals surface area contributed by atoms with Crippen molar-refractivity contribution >= 4 is 48.7 Å². The van der Waals surface area contributed by atoms with Gasteiger partial charge in [-0.1, -0.05) is 12.1 Å². The average Bonchev–Trinajstić information content (AvgIpc) is 3.24. The number of hydrogen-bond donors (Lipinski definition) is 1. The number of anilines is 2. The van der Waals surface area contributed by atoms with E-state index in [1.165, 1.54) is 28.8 Å². The van der Waals surface area contributed by atoms with Gasteiger partial charge in [-0.2, -0.15) is 0 Å². The lowest BCUT2D eigenvalue weighted by atomic mass is 10.1. The van der Waals surface area contributed by atoms with Crippen molar-refractivity contribution in [1.82, 2.24) is 0 Å². The van der Waals surface area contributed by atoms with Crippen LogP contribution in [0.2, 0.25) is 0 Å². The van der Waals surface area contributed by atoms with Crippen LogP contribution in [0.3, 0.4) is 0 Å². The van der Waals surface area contributed by atoms with Crippen LogP contribution in [0.4, 0.5) is 11.4 Å². The summed E-state index contributed by atoms with van der Waals surface area (Å²) in [6.45, 7) is 5.74. The first kappa shape index (κ1) is 23.8. The molecule has 0 saturated heterocycles. The highest BCUT2D eigenvalue weighted by Crippen LogP contribution is 2.32. The Labute approximate surface area is 203 Å². The number of carbonyl (C=O) groups is 1. The maximum absolute atomic E-state index is 13.2. The third kappa shape index (κ3) is 4.51. The fourth-order valence-electron chi connectivity index (χ4n) is 3.70. The third-order valence-electron chi connectivity index (χ3n) is 5.75. The van der Waals surface area contributed by atoms with Gasteiger partial charge in [0.1, 0.15) is 5.75 Å². The fourth-order valence-corrected chi connectivity index (χ4v) is 5.91. The van der Waals surface area contributed by atoms with Crippen LogP contribution < -0.4 is 14.4 Å². The summed E-state index contributed by atoms with van der Waals surface area (Å²) >= 11 is 1.37. The molecule has 3 aromatic carbocycles. The van der Waals surface area contributed by atoms with E-state index in [4.69, 9.17) is 4.74 Å². The van der Waals surface area contributed by atoms with Gasteiger partial charge in [0.25, 0.3) is 15.9 Å². The highest BCUT2D eigenvalue weighted by molar-refractivity contribution is 7.92. The van der Waals surface area contributed by atoms with Gasteiger partial charge < -0.3 is 10.1 Å². The third-order valence-corrected chi connectivity index (χ3v) is 8.65. The van der Waals surface area contributed by atoms with E-state index in [0.717, 1.165) is 32.5 Å². The zero-order valence-corrected chi connectivity index (χ0v) is 21.3. The number of aryl methyl sites for hydroxylation is 3. The van der Waals surface area contributed by atoms with Crippen molar-refractivity contribution in [2.45, 2.75) is 25.7 Å². The molecule has 0 saturated carbocycles. The Morgan fingerprint density at radius 1 is 0.941 bits per heavy atom. The van der Waals surface area contributed by atoms with Gasteiger partial charge in [0.05, 0.1) is 22.6 Å². The van der Waals surface area contributed by atoms with E-state index in [-0.39, 0.29) is 10.8 Å². The van der Waals surface area contributed by atoms with Crippen LogP contribution in [-0.4, -0.2) is 28.5 Å². The van der Waals surface area contributed by atoms with E-state index in [1.54, 1.807) is 44.4 Å². The summed E-state index contributed by atoms with van der Waals surface area (Å²) in [6.07, 6.45) is 0. The van der Waals surface area contributed by atoms with Crippen LogP contribution in [-0.2, 0) is 10.0 Å². The normalized spacial score (nSPS) is 11.4. The molecule has 0 atom stereocenters. The van der Waals surface area contributed by atoms with Crippen LogP contribution in [0.5, 0.6) is 5.75 Å². The van der Waals surface area contributed by atoms with Crippen molar-refractivity contribution in [3.8, 4) is 5.75 Å². The van der Waals surface area contributed by atoms with Crippen molar-refractivity contribution in [3.63, 3.8) is 0 Å². The number of nitrogens with one attached hydrogen (secondary N) is 1. The topological polar surface area (TPSA) is 75.7 Å². The predicted molar refractivity (Wildman–Crippen MR) is 139 cm³/mol. The number of amides is 1. The van der Waals surface area contributed by atoms with E-state index in [1.807, 2.05) is 38.1 Å². The summed E-state index contributed by atoms with van der Waals surface area (Å²) in [5.74, 6) is 0.444. The van der Waals surface area contributed by atoms with Gasteiger partial charge in [0.2, 0.25) is 0 Å². The molecular formula is C26H26N2O4S2. The number of carbonyl (C=O) groups excluding carboxylic acids is 1. The second-order valence-electron chi connectivity index (χ2n) is 8.21. The molecule has 8 heteroatoms. The minimum atomic E-state index is -3.77. The number of sulfonamides is 1. The minimum absolute atomic E-state index is 0.187. The predicted octanol–water partition coefficient (Wildman–Crippen LogP) is 5.91. The summed E-state index contributed by atoms with van der Waals surface area (Å²) in [4.78, 5) is 13.6. The molecule has 0 aliphatic heterocycles. The second kappa shape index (κ2) is 9.12. The molecule has 176 valence electrons. The monoisotopic (exact) mass is 494 g/mol. The Hall–Kier alpha value is -3.36. The van der Waals surface area contributed by atoms with Crippen LogP contribution in [0.1, 0.15) is 26.4 Å². The molecular weight excluding hydrogens is 468 g/mol. The summed E-state index contributed by atoms with van der Waals surface area (Å²) in [6, 6.07) is 17.9. The number of thiophene rings is 1. The zero-order valence-electron chi connectivity index (χ0n) is 19.7. The Bertz CT molecular complexity index is 1510. The quantitative estimate of drug-likeness (QED) is 0.361. The van der Waals surface area contributed by atoms with Gasteiger partial charge in [0, 0.05) is 17.4 Å². The molecule has 1 heterocycles. The molecule has 1 amide bonds. The largest absolute Gasteiger partial charge is 0.496 e. The van der Waals surface area contributed by atoms with Gasteiger partial charge in [-0.15, -0.1) is 11.3 Å². The maximum atomic E-state index is 13.2. The molecule has 4 aromatic rings. The van der Waals surface area contributed by atoms with E-state index in [0.29, 0.717) is 16.3 Å². The Balaban J connectivity index is 1.62. The first-order valence-corrected chi connectivity index (χ1v) is 12.9. The van der Waals surface area contributed by atoms with E-state index >= 15 is 0 Å². The van der Waals surface area contributed by atoms with Crippen LogP contribution in [0.25, 0.3) is 10.1 Å². The van der Waals surface area contributed by atoms with Gasteiger partial charge >= 0.3 is 0 Å². The molecule has 34 heavy (non-hydrogen) atoms. The zero-order chi connectivity index (χ0) is 24.6. The molecule has 0 aliphatic carbocycles. The molecule has 0 radical (unpaired) electrons. The van der Waals surface area contributed by atoms with E-state index in [9.17, 15) is 13.2 Å².